The van der Waals surface area contributed by atoms with Crippen LogP contribution in [0.1, 0.15) is 39.7 Å². The van der Waals surface area contributed by atoms with Crippen molar-refractivity contribution in [2.24, 2.45) is 5.73 Å². The molecule has 0 atom stereocenters. The van der Waals surface area contributed by atoms with Crippen LogP contribution in [0.25, 0.3) is 44.0 Å². The molecule has 0 unspecified atom stereocenters. The molecule has 3 aromatic carbocycles. The Balaban J connectivity index is 0.000000199. The number of piperazine rings is 1. The standard InChI is InChI=1S/C27H19F3N4O.C14H21N5/c1-15-9-16(10-18-6-4-8-32-25(18)26(31)35)14-33-23(15)21-13-20(27(28,29)30)12-19-11-17-5-2-3-7-22(17)34-24(19)21;1-2-16-17-19-9-7-18(8-10-19)13-3-4-14-12(11-13)5-6-15-14/h2-9,11-14H,10H2,1H3,(H2,31,35);3-6,11,15-17H,2,7-10H2,1H3. The molecule has 0 bridgehead atoms. The maximum atomic E-state index is 13.8. The predicted octanol–water partition coefficient (Wildman–Crippen LogP) is 7.18. The lowest BCUT2D eigenvalue weighted by atomic mass is 9.96. The number of aromatic amines is 1. The number of amides is 1. The molecule has 1 amide bonds. The number of aromatic nitrogens is 4. The summed E-state index contributed by atoms with van der Waals surface area (Å²) in [6.07, 6.45) is 0.909. The summed E-state index contributed by atoms with van der Waals surface area (Å²) in [5.41, 5.74) is 17.7. The van der Waals surface area contributed by atoms with Crippen LogP contribution in [0.2, 0.25) is 0 Å². The normalized spacial score (nSPS) is 13.7. The molecule has 0 saturated carbocycles. The Morgan fingerprint density at radius 1 is 0.907 bits per heavy atom. The topological polar surface area (TPSA) is 128 Å². The second-order valence-electron chi connectivity index (χ2n) is 13.2. The zero-order chi connectivity index (χ0) is 37.8. The zero-order valence-corrected chi connectivity index (χ0v) is 29.9. The number of fused-ring (bicyclic) bond motifs is 3. The van der Waals surface area contributed by atoms with E-state index in [2.05, 4.69) is 72.0 Å². The SMILES string of the molecule is CCNNN1CCN(c2ccc3[nH]ccc3c2)CC1.Cc1cc(Cc2cccnc2C(N)=O)cnc1-c1cc(C(F)(F)F)cc2cc3ccccc3nc12. The molecule has 7 aromatic rings. The lowest BCUT2D eigenvalue weighted by Gasteiger charge is -2.36. The van der Waals surface area contributed by atoms with Crippen molar-refractivity contribution in [2.75, 3.05) is 37.6 Å². The number of pyridine rings is 3. The van der Waals surface area contributed by atoms with Crippen molar-refractivity contribution in [1.82, 2.24) is 35.9 Å². The van der Waals surface area contributed by atoms with Gasteiger partial charge in [-0.3, -0.25) is 14.8 Å². The number of nitrogens with two attached hydrogens (primary N) is 1. The van der Waals surface area contributed by atoms with Crippen molar-refractivity contribution >= 4 is 44.3 Å². The summed E-state index contributed by atoms with van der Waals surface area (Å²) in [5, 5.41) is 4.66. The molecule has 1 fully saturated rings. The van der Waals surface area contributed by atoms with E-state index in [1.165, 1.54) is 22.8 Å². The number of para-hydroxylation sites is 1. The van der Waals surface area contributed by atoms with Crippen LogP contribution in [0.15, 0.2) is 104 Å². The van der Waals surface area contributed by atoms with E-state index < -0.39 is 17.6 Å². The second-order valence-corrected chi connectivity index (χ2v) is 13.2. The van der Waals surface area contributed by atoms with Gasteiger partial charge in [0.05, 0.1) is 22.3 Å². The number of H-pyrrole nitrogens is 1. The summed E-state index contributed by atoms with van der Waals surface area (Å²) in [7, 11) is 0. The highest BCUT2D eigenvalue weighted by Gasteiger charge is 2.32. The van der Waals surface area contributed by atoms with E-state index in [4.69, 9.17) is 5.73 Å². The molecular formula is C41H40F3N9O. The van der Waals surface area contributed by atoms with Gasteiger partial charge in [0.1, 0.15) is 5.69 Å². The molecule has 5 N–H and O–H groups in total. The number of halogens is 3. The van der Waals surface area contributed by atoms with Crippen LogP contribution in [0.3, 0.4) is 0 Å². The van der Waals surface area contributed by atoms with E-state index in [0.29, 0.717) is 45.2 Å². The third-order valence-corrected chi connectivity index (χ3v) is 9.45. The Kier molecular flexibility index (Phi) is 10.5. The van der Waals surface area contributed by atoms with Crippen molar-refractivity contribution in [3.63, 3.8) is 0 Å². The van der Waals surface area contributed by atoms with Gasteiger partial charge in [-0.15, -0.1) is 0 Å². The number of rotatable bonds is 8. The molecule has 0 aliphatic carbocycles. The summed E-state index contributed by atoms with van der Waals surface area (Å²) in [6.45, 7) is 8.97. The van der Waals surface area contributed by atoms with Gasteiger partial charge < -0.3 is 15.6 Å². The summed E-state index contributed by atoms with van der Waals surface area (Å²) in [4.78, 5) is 30.6. The van der Waals surface area contributed by atoms with Gasteiger partial charge in [-0.05, 0) is 78.2 Å². The molecule has 0 radical (unpaired) electrons. The second kappa shape index (κ2) is 15.6. The van der Waals surface area contributed by atoms with Gasteiger partial charge in [0, 0.05) is 90.7 Å². The number of carbonyl (C=O) groups is 1. The first-order valence-electron chi connectivity index (χ1n) is 17.7. The van der Waals surface area contributed by atoms with E-state index in [1.54, 1.807) is 31.3 Å². The van der Waals surface area contributed by atoms with Crippen LogP contribution in [0, 0.1) is 6.92 Å². The number of nitrogens with zero attached hydrogens (tertiary/aromatic N) is 5. The Morgan fingerprint density at radius 3 is 2.48 bits per heavy atom. The minimum Gasteiger partial charge on any atom is -0.369 e. The van der Waals surface area contributed by atoms with E-state index in [0.717, 1.165) is 55.8 Å². The summed E-state index contributed by atoms with van der Waals surface area (Å²) >= 11 is 0. The summed E-state index contributed by atoms with van der Waals surface area (Å²) in [6, 6.07) is 25.3. The fourth-order valence-electron chi connectivity index (χ4n) is 6.77. The molecule has 276 valence electrons. The first-order chi connectivity index (χ1) is 26.1. The van der Waals surface area contributed by atoms with Crippen LogP contribution in [0.4, 0.5) is 18.9 Å². The Bertz CT molecular complexity index is 2440. The quantitative estimate of drug-likeness (QED) is 0.0957. The Labute approximate surface area is 310 Å². The molecule has 1 saturated heterocycles. The van der Waals surface area contributed by atoms with Gasteiger partial charge >= 0.3 is 6.18 Å². The highest BCUT2D eigenvalue weighted by atomic mass is 19.4. The van der Waals surface area contributed by atoms with E-state index in [-0.39, 0.29) is 5.69 Å². The zero-order valence-electron chi connectivity index (χ0n) is 29.9. The molecule has 1 aliphatic heterocycles. The van der Waals surface area contributed by atoms with Crippen LogP contribution >= 0.6 is 0 Å². The fraction of sp³-hybridized carbons (Fsp3) is 0.220. The number of primary amides is 1. The number of hydrogen-bond acceptors (Lipinski definition) is 8. The number of aryl methyl sites for hydroxylation is 1. The summed E-state index contributed by atoms with van der Waals surface area (Å²) in [5.74, 6) is -0.629. The van der Waals surface area contributed by atoms with Gasteiger partial charge in [-0.2, -0.15) is 18.7 Å². The molecule has 1 aliphatic rings. The summed E-state index contributed by atoms with van der Waals surface area (Å²) < 4.78 is 41.3. The molecule has 54 heavy (non-hydrogen) atoms. The third kappa shape index (κ3) is 8.03. The van der Waals surface area contributed by atoms with Crippen LogP contribution in [-0.2, 0) is 12.6 Å². The lowest BCUT2D eigenvalue weighted by Crippen LogP contribution is -2.55. The smallest absolute Gasteiger partial charge is 0.369 e. The molecule has 4 aromatic heterocycles. The fourth-order valence-corrected chi connectivity index (χ4v) is 6.77. The molecule has 5 heterocycles. The van der Waals surface area contributed by atoms with Crippen molar-refractivity contribution in [3.05, 3.63) is 131 Å². The van der Waals surface area contributed by atoms with Crippen molar-refractivity contribution in [3.8, 4) is 11.3 Å². The van der Waals surface area contributed by atoms with Crippen LogP contribution in [0.5, 0.6) is 0 Å². The van der Waals surface area contributed by atoms with Gasteiger partial charge in [-0.25, -0.2) is 15.4 Å². The van der Waals surface area contributed by atoms with Crippen molar-refractivity contribution in [2.45, 2.75) is 26.4 Å². The van der Waals surface area contributed by atoms with Gasteiger partial charge in [0.25, 0.3) is 5.91 Å². The average molecular weight is 732 g/mol. The van der Waals surface area contributed by atoms with Gasteiger partial charge in [0.15, 0.2) is 0 Å². The molecule has 0 spiro atoms. The van der Waals surface area contributed by atoms with Gasteiger partial charge in [0.2, 0.25) is 0 Å². The van der Waals surface area contributed by atoms with Crippen molar-refractivity contribution in [1.29, 1.82) is 0 Å². The minimum atomic E-state index is -4.52. The van der Waals surface area contributed by atoms with Crippen LogP contribution < -0.4 is 21.6 Å². The van der Waals surface area contributed by atoms with Crippen molar-refractivity contribution < 1.29 is 18.0 Å². The first kappa shape index (κ1) is 36.5. The third-order valence-electron chi connectivity index (χ3n) is 9.45. The molecule has 13 heteroatoms. The number of benzene rings is 3. The minimum absolute atomic E-state index is 0.175. The highest BCUT2D eigenvalue weighted by Crippen LogP contribution is 2.38. The first-order valence-corrected chi connectivity index (χ1v) is 17.7. The maximum Gasteiger partial charge on any atom is 0.416 e. The van der Waals surface area contributed by atoms with Gasteiger partial charge in [-0.1, -0.05) is 37.3 Å². The number of alkyl halides is 3. The highest BCUT2D eigenvalue weighted by molar-refractivity contribution is 6.00. The molecule has 8 rings (SSSR count). The average Bonchev–Trinajstić information content (AvgIpc) is 3.65. The predicted molar refractivity (Wildman–Crippen MR) is 207 cm³/mol. The largest absolute Gasteiger partial charge is 0.416 e. The van der Waals surface area contributed by atoms with E-state index in [1.807, 2.05) is 36.5 Å². The number of nitrogens with one attached hydrogen (secondary N) is 3. The number of hydrogen-bond donors (Lipinski definition) is 4. The molecule has 10 nitrogen and oxygen atoms in total. The molecular weight excluding hydrogens is 692 g/mol. The monoisotopic (exact) mass is 731 g/mol. The van der Waals surface area contributed by atoms with Crippen LogP contribution in [-0.4, -0.2) is 63.6 Å². The van der Waals surface area contributed by atoms with E-state index >= 15 is 0 Å². The number of anilines is 1. The Hall–Kier alpha value is -5.89. The lowest BCUT2D eigenvalue weighted by molar-refractivity contribution is -0.137. The maximum absolute atomic E-state index is 13.8. The number of hydrazine groups is 2. The Morgan fingerprint density at radius 2 is 1.72 bits per heavy atom. The van der Waals surface area contributed by atoms with E-state index in [9.17, 15) is 18.0 Å². The number of carbonyl (C=O) groups excluding carboxylic acids is 1.